The minimum Gasteiger partial charge on any atom is -0.478 e. The third-order valence-electron chi connectivity index (χ3n) is 3.26. The number of carboxylic acids is 1. The lowest BCUT2D eigenvalue weighted by atomic mass is 10.1. The van der Waals surface area contributed by atoms with E-state index in [1.807, 2.05) is 6.92 Å². The summed E-state index contributed by atoms with van der Waals surface area (Å²) in [4.78, 5) is 25.8. The molecule has 2 amide bonds. The molecule has 6 heteroatoms. The van der Waals surface area contributed by atoms with Crippen molar-refractivity contribution < 1.29 is 14.7 Å². The molecule has 0 aromatic carbocycles. The molecule has 0 aliphatic carbocycles. The molecule has 0 saturated heterocycles. The second kappa shape index (κ2) is 7.28. The second-order valence-electron chi connectivity index (χ2n) is 4.85. The van der Waals surface area contributed by atoms with Gasteiger partial charge in [-0.05, 0) is 25.8 Å². The Kier molecular flexibility index (Phi) is 6.01. The lowest BCUT2D eigenvalue weighted by Gasteiger charge is -2.17. The lowest BCUT2D eigenvalue weighted by molar-refractivity contribution is 0.0697. The first-order valence-corrected chi connectivity index (χ1v) is 7.55. The van der Waals surface area contributed by atoms with Crippen LogP contribution >= 0.6 is 11.3 Å². The minimum atomic E-state index is -1.00. The predicted molar refractivity (Wildman–Crippen MR) is 81.9 cm³/mol. The highest BCUT2D eigenvalue weighted by Gasteiger charge is 2.21. The number of urea groups is 1. The Bertz CT molecular complexity index is 497. The Morgan fingerprint density at radius 1 is 1.30 bits per heavy atom. The number of nitrogens with one attached hydrogen (secondary N) is 1. The van der Waals surface area contributed by atoms with E-state index in [0.29, 0.717) is 17.1 Å². The Hall–Kier alpha value is -1.56. The number of hydrogen-bond acceptors (Lipinski definition) is 3. The van der Waals surface area contributed by atoms with Gasteiger partial charge in [0, 0.05) is 18.5 Å². The first-order valence-electron chi connectivity index (χ1n) is 6.73. The standard InChI is InChI=1S/C14H22N2O3S/c1-5-6-7-8-16(4)14(19)15-12-11(13(17)18)9(2)10(3)20-12/h5-8H2,1-4H3,(H,15,19)(H,17,18). The molecule has 0 saturated carbocycles. The van der Waals surface area contributed by atoms with Gasteiger partial charge in [0.15, 0.2) is 0 Å². The maximum atomic E-state index is 12.0. The van der Waals surface area contributed by atoms with Crippen LogP contribution in [0.1, 0.15) is 47.0 Å². The largest absolute Gasteiger partial charge is 0.478 e. The zero-order valence-electron chi connectivity index (χ0n) is 12.4. The maximum absolute atomic E-state index is 12.0. The van der Waals surface area contributed by atoms with Gasteiger partial charge in [-0.2, -0.15) is 0 Å². The van der Waals surface area contributed by atoms with Gasteiger partial charge < -0.3 is 10.0 Å². The topological polar surface area (TPSA) is 69.6 Å². The smallest absolute Gasteiger partial charge is 0.338 e. The molecule has 0 unspecified atom stereocenters. The van der Waals surface area contributed by atoms with Crippen molar-refractivity contribution in [1.29, 1.82) is 0 Å². The van der Waals surface area contributed by atoms with Crippen molar-refractivity contribution in [2.45, 2.75) is 40.0 Å². The van der Waals surface area contributed by atoms with Crippen LogP contribution in [-0.4, -0.2) is 35.6 Å². The maximum Gasteiger partial charge on any atom is 0.338 e. The molecule has 0 aliphatic heterocycles. The van der Waals surface area contributed by atoms with E-state index >= 15 is 0 Å². The molecule has 1 rings (SSSR count). The van der Waals surface area contributed by atoms with Crippen molar-refractivity contribution in [2.75, 3.05) is 18.9 Å². The van der Waals surface area contributed by atoms with Crippen LogP contribution in [0.3, 0.4) is 0 Å². The van der Waals surface area contributed by atoms with Gasteiger partial charge in [0.25, 0.3) is 0 Å². The molecule has 0 atom stereocenters. The van der Waals surface area contributed by atoms with E-state index in [9.17, 15) is 14.7 Å². The number of aryl methyl sites for hydroxylation is 1. The monoisotopic (exact) mass is 298 g/mol. The highest BCUT2D eigenvalue weighted by atomic mass is 32.1. The Morgan fingerprint density at radius 2 is 1.95 bits per heavy atom. The van der Waals surface area contributed by atoms with Crippen LogP contribution in [0.2, 0.25) is 0 Å². The molecule has 1 aromatic heterocycles. The molecule has 20 heavy (non-hydrogen) atoms. The fourth-order valence-electron chi connectivity index (χ4n) is 1.87. The van der Waals surface area contributed by atoms with Crippen LogP contribution < -0.4 is 5.32 Å². The number of rotatable bonds is 6. The van der Waals surface area contributed by atoms with E-state index in [0.717, 1.165) is 24.1 Å². The fourth-order valence-corrected chi connectivity index (χ4v) is 2.91. The molecule has 1 aromatic rings. The average molecular weight is 298 g/mol. The van der Waals surface area contributed by atoms with Gasteiger partial charge in [0.1, 0.15) is 5.00 Å². The molecule has 0 aliphatic rings. The van der Waals surface area contributed by atoms with E-state index in [4.69, 9.17) is 0 Å². The summed E-state index contributed by atoms with van der Waals surface area (Å²) >= 11 is 1.30. The molecule has 0 spiro atoms. The quantitative estimate of drug-likeness (QED) is 0.786. The zero-order valence-corrected chi connectivity index (χ0v) is 13.3. The third-order valence-corrected chi connectivity index (χ3v) is 4.39. The highest BCUT2D eigenvalue weighted by molar-refractivity contribution is 7.16. The van der Waals surface area contributed by atoms with Crippen LogP contribution in [0, 0.1) is 13.8 Å². The Balaban J connectivity index is 2.75. The number of carbonyl (C=O) groups excluding carboxylic acids is 1. The molecular formula is C14H22N2O3S. The summed E-state index contributed by atoms with van der Waals surface area (Å²) in [5.74, 6) is -1.00. The molecular weight excluding hydrogens is 276 g/mol. The lowest BCUT2D eigenvalue weighted by Crippen LogP contribution is -2.32. The summed E-state index contributed by atoms with van der Waals surface area (Å²) in [5, 5.41) is 12.3. The molecule has 0 bridgehead atoms. The van der Waals surface area contributed by atoms with Crippen molar-refractivity contribution in [2.24, 2.45) is 0 Å². The van der Waals surface area contributed by atoms with Gasteiger partial charge in [-0.3, -0.25) is 5.32 Å². The van der Waals surface area contributed by atoms with Crippen molar-refractivity contribution in [1.82, 2.24) is 4.90 Å². The molecule has 2 N–H and O–H groups in total. The van der Waals surface area contributed by atoms with Crippen LogP contribution in [0.4, 0.5) is 9.80 Å². The van der Waals surface area contributed by atoms with E-state index in [1.165, 1.54) is 11.3 Å². The third kappa shape index (κ3) is 3.96. The SMILES string of the molecule is CCCCCN(C)C(=O)Nc1sc(C)c(C)c1C(=O)O. The molecule has 5 nitrogen and oxygen atoms in total. The van der Waals surface area contributed by atoms with Gasteiger partial charge in [0.2, 0.25) is 0 Å². The second-order valence-corrected chi connectivity index (χ2v) is 6.08. The first kappa shape index (κ1) is 16.5. The van der Waals surface area contributed by atoms with Crippen molar-refractivity contribution in [3.05, 3.63) is 16.0 Å². The number of carbonyl (C=O) groups is 2. The summed E-state index contributed by atoms with van der Waals surface area (Å²) < 4.78 is 0. The summed E-state index contributed by atoms with van der Waals surface area (Å²) in [6.07, 6.45) is 3.13. The summed E-state index contributed by atoms with van der Waals surface area (Å²) in [5.41, 5.74) is 0.911. The van der Waals surface area contributed by atoms with Crippen LogP contribution in [0.5, 0.6) is 0 Å². The van der Waals surface area contributed by atoms with E-state index in [2.05, 4.69) is 12.2 Å². The Labute approximate surface area is 123 Å². The Morgan fingerprint density at radius 3 is 2.50 bits per heavy atom. The number of thiophene rings is 1. The zero-order chi connectivity index (χ0) is 15.3. The number of aromatic carboxylic acids is 1. The number of unbranched alkanes of at least 4 members (excludes halogenated alkanes) is 2. The van der Waals surface area contributed by atoms with Crippen molar-refractivity contribution in [3.63, 3.8) is 0 Å². The van der Waals surface area contributed by atoms with Gasteiger partial charge in [-0.15, -0.1) is 11.3 Å². The van der Waals surface area contributed by atoms with Crippen LogP contribution in [0.25, 0.3) is 0 Å². The number of nitrogens with zero attached hydrogens (tertiary/aromatic N) is 1. The van der Waals surface area contributed by atoms with E-state index in [1.54, 1.807) is 18.9 Å². The number of anilines is 1. The fraction of sp³-hybridized carbons (Fsp3) is 0.571. The first-order chi connectivity index (χ1) is 9.38. The number of carboxylic acid groups (broad SMARTS) is 1. The van der Waals surface area contributed by atoms with Gasteiger partial charge >= 0.3 is 12.0 Å². The predicted octanol–water partition coefficient (Wildman–Crippen LogP) is 3.72. The number of amides is 2. The van der Waals surface area contributed by atoms with Gasteiger partial charge in [0.05, 0.1) is 5.56 Å². The van der Waals surface area contributed by atoms with E-state index < -0.39 is 5.97 Å². The number of hydrogen-bond donors (Lipinski definition) is 2. The van der Waals surface area contributed by atoms with Crippen LogP contribution in [0.15, 0.2) is 0 Å². The molecule has 1 heterocycles. The van der Waals surface area contributed by atoms with Crippen LogP contribution in [-0.2, 0) is 0 Å². The van der Waals surface area contributed by atoms with Crippen molar-refractivity contribution >= 4 is 28.3 Å². The summed E-state index contributed by atoms with van der Waals surface area (Å²) in [6.45, 7) is 6.39. The highest BCUT2D eigenvalue weighted by Crippen LogP contribution is 2.32. The van der Waals surface area contributed by atoms with Crippen molar-refractivity contribution in [3.8, 4) is 0 Å². The average Bonchev–Trinajstić information content (AvgIpc) is 2.64. The van der Waals surface area contributed by atoms with E-state index in [-0.39, 0.29) is 11.6 Å². The van der Waals surface area contributed by atoms with Gasteiger partial charge in [-0.25, -0.2) is 9.59 Å². The summed E-state index contributed by atoms with van der Waals surface area (Å²) in [7, 11) is 1.72. The minimum absolute atomic E-state index is 0.197. The summed E-state index contributed by atoms with van der Waals surface area (Å²) in [6, 6.07) is -0.259. The molecule has 112 valence electrons. The molecule has 0 radical (unpaired) electrons. The van der Waals surface area contributed by atoms with Gasteiger partial charge in [-0.1, -0.05) is 19.8 Å². The molecule has 0 fully saturated rings. The normalized spacial score (nSPS) is 10.4.